The Balaban J connectivity index is 1.74. The van der Waals surface area contributed by atoms with Crippen molar-refractivity contribution in [1.29, 1.82) is 0 Å². The molecule has 0 N–H and O–H groups in total. The lowest BCUT2D eigenvalue weighted by molar-refractivity contribution is -0.385. The highest BCUT2D eigenvalue weighted by Crippen LogP contribution is 2.31. The van der Waals surface area contributed by atoms with Gasteiger partial charge in [0.2, 0.25) is 0 Å². The summed E-state index contributed by atoms with van der Waals surface area (Å²) < 4.78 is 11.4. The summed E-state index contributed by atoms with van der Waals surface area (Å²) in [7, 11) is 1.55. The number of carbonyl (C=O) groups excluding carboxylic acids is 1. The van der Waals surface area contributed by atoms with Crippen molar-refractivity contribution in [2.24, 2.45) is 0 Å². The summed E-state index contributed by atoms with van der Waals surface area (Å²) >= 11 is 5.88. The summed E-state index contributed by atoms with van der Waals surface area (Å²) in [5.74, 6) is 0.753. The molecule has 0 fully saturated rings. The van der Waals surface area contributed by atoms with E-state index in [1.807, 2.05) is 12.1 Å². The average Bonchev–Trinajstić information content (AvgIpc) is 2.60. The van der Waals surface area contributed by atoms with E-state index in [2.05, 4.69) is 0 Å². The number of likely N-dealkylation sites (N-methyl/N-ethyl adjacent to an activating group) is 1. The van der Waals surface area contributed by atoms with Crippen molar-refractivity contribution in [1.82, 2.24) is 4.90 Å². The molecule has 0 aliphatic carbocycles. The number of amides is 1. The molecule has 0 saturated carbocycles. The number of para-hydroxylation sites is 2. The maximum Gasteiger partial charge on any atom is 0.282 e. The van der Waals surface area contributed by atoms with Crippen molar-refractivity contribution >= 4 is 23.2 Å². The van der Waals surface area contributed by atoms with Crippen LogP contribution in [0.15, 0.2) is 42.5 Å². The van der Waals surface area contributed by atoms with E-state index < -0.39 is 10.8 Å². The van der Waals surface area contributed by atoms with E-state index in [0.717, 1.165) is 0 Å². The minimum Gasteiger partial charge on any atom is -0.486 e. The van der Waals surface area contributed by atoms with Crippen molar-refractivity contribution in [3.05, 3.63) is 63.2 Å². The molecule has 1 unspecified atom stereocenters. The summed E-state index contributed by atoms with van der Waals surface area (Å²) in [5, 5.41) is 11.4. The second-order valence-corrected chi connectivity index (χ2v) is 6.04. The Labute approximate surface area is 148 Å². The van der Waals surface area contributed by atoms with Crippen LogP contribution in [-0.4, -0.2) is 42.0 Å². The Morgan fingerprint density at radius 3 is 2.76 bits per heavy atom. The number of carbonyl (C=O) groups is 1. The highest BCUT2D eigenvalue weighted by molar-refractivity contribution is 6.31. The van der Waals surface area contributed by atoms with Gasteiger partial charge >= 0.3 is 0 Å². The Kier molecular flexibility index (Phi) is 4.76. The third kappa shape index (κ3) is 3.66. The van der Waals surface area contributed by atoms with E-state index in [9.17, 15) is 14.9 Å². The fourth-order valence-corrected chi connectivity index (χ4v) is 2.76. The largest absolute Gasteiger partial charge is 0.486 e. The number of hydrogen-bond donors (Lipinski definition) is 0. The SMILES string of the molecule is CN(CC1COc2ccccc2O1)C(=O)c1cc(Cl)ccc1[N+](=O)[O-]. The zero-order valence-electron chi connectivity index (χ0n) is 13.3. The summed E-state index contributed by atoms with van der Waals surface area (Å²) in [4.78, 5) is 24.5. The lowest BCUT2D eigenvalue weighted by Crippen LogP contribution is -2.41. The lowest BCUT2D eigenvalue weighted by atomic mass is 10.1. The molecule has 1 aliphatic rings. The molecular formula is C17H15ClN2O5. The quantitative estimate of drug-likeness (QED) is 0.616. The maximum absolute atomic E-state index is 12.6. The number of benzene rings is 2. The van der Waals surface area contributed by atoms with Crippen LogP contribution in [-0.2, 0) is 0 Å². The zero-order valence-corrected chi connectivity index (χ0v) is 14.1. The normalized spacial score (nSPS) is 15.5. The van der Waals surface area contributed by atoms with Crippen LogP contribution in [0.2, 0.25) is 5.02 Å². The van der Waals surface area contributed by atoms with E-state index >= 15 is 0 Å². The molecule has 0 bridgehead atoms. The van der Waals surface area contributed by atoms with Crippen LogP contribution in [0.25, 0.3) is 0 Å². The van der Waals surface area contributed by atoms with Crippen molar-refractivity contribution in [3.63, 3.8) is 0 Å². The van der Waals surface area contributed by atoms with Gasteiger partial charge in [-0.3, -0.25) is 14.9 Å². The Morgan fingerprint density at radius 1 is 1.32 bits per heavy atom. The topological polar surface area (TPSA) is 81.9 Å². The standard InChI is InChI=1S/C17H15ClN2O5/c1-19(9-12-10-24-15-4-2-3-5-16(15)25-12)17(21)13-8-11(18)6-7-14(13)20(22)23/h2-8,12H,9-10H2,1H3. The van der Waals surface area contributed by atoms with Crippen LogP contribution in [0, 0.1) is 10.1 Å². The van der Waals surface area contributed by atoms with Gasteiger partial charge in [-0.2, -0.15) is 0 Å². The van der Waals surface area contributed by atoms with Gasteiger partial charge in [-0.1, -0.05) is 23.7 Å². The van der Waals surface area contributed by atoms with Crippen LogP contribution in [0.3, 0.4) is 0 Å². The number of nitro benzene ring substituents is 1. The number of nitrogens with zero attached hydrogens (tertiary/aromatic N) is 2. The third-order valence-corrected chi connectivity index (χ3v) is 4.01. The van der Waals surface area contributed by atoms with Gasteiger partial charge in [0.1, 0.15) is 12.2 Å². The highest BCUT2D eigenvalue weighted by atomic mass is 35.5. The minimum atomic E-state index is -0.603. The van der Waals surface area contributed by atoms with Gasteiger partial charge < -0.3 is 14.4 Å². The van der Waals surface area contributed by atoms with E-state index in [1.165, 1.54) is 23.1 Å². The number of rotatable bonds is 4. The number of hydrogen-bond acceptors (Lipinski definition) is 5. The fourth-order valence-electron chi connectivity index (χ4n) is 2.59. The van der Waals surface area contributed by atoms with Crippen molar-refractivity contribution < 1.29 is 19.2 Å². The van der Waals surface area contributed by atoms with Gasteiger partial charge in [0.15, 0.2) is 17.6 Å². The van der Waals surface area contributed by atoms with E-state index in [1.54, 1.807) is 19.2 Å². The molecule has 25 heavy (non-hydrogen) atoms. The number of fused-ring (bicyclic) bond motifs is 1. The predicted octanol–water partition coefficient (Wildman–Crippen LogP) is 3.16. The monoisotopic (exact) mass is 362 g/mol. The van der Waals surface area contributed by atoms with Gasteiger partial charge in [-0.15, -0.1) is 0 Å². The maximum atomic E-state index is 12.6. The third-order valence-electron chi connectivity index (χ3n) is 3.78. The van der Waals surface area contributed by atoms with E-state index in [0.29, 0.717) is 11.5 Å². The summed E-state index contributed by atoms with van der Waals surface area (Å²) in [6, 6.07) is 11.2. The van der Waals surface area contributed by atoms with Crippen LogP contribution >= 0.6 is 11.6 Å². The number of nitro groups is 1. The van der Waals surface area contributed by atoms with E-state index in [4.69, 9.17) is 21.1 Å². The van der Waals surface area contributed by atoms with Crippen LogP contribution in [0.1, 0.15) is 10.4 Å². The summed E-state index contributed by atoms with van der Waals surface area (Å²) in [6.45, 7) is 0.503. The molecule has 0 saturated heterocycles. The number of halogens is 1. The molecule has 3 rings (SSSR count). The van der Waals surface area contributed by atoms with Gasteiger partial charge in [0.25, 0.3) is 11.6 Å². The van der Waals surface area contributed by atoms with Crippen LogP contribution < -0.4 is 9.47 Å². The molecular weight excluding hydrogens is 348 g/mol. The highest BCUT2D eigenvalue weighted by Gasteiger charge is 2.27. The number of ether oxygens (including phenoxy) is 2. The second kappa shape index (κ2) is 6.98. The average molecular weight is 363 g/mol. The van der Waals surface area contributed by atoms with Crippen molar-refractivity contribution in [2.75, 3.05) is 20.2 Å². The molecule has 2 aromatic carbocycles. The molecule has 1 aliphatic heterocycles. The molecule has 1 amide bonds. The fraction of sp³-hybridized carbons (Fsp3) is 0.235. The summed E-state index contributed by atoms with van der Waals surface area (Å²) in [5.41, 5.74) is -0.343. The molecule has 2 aromatic rings. The molecule has 8 heteroatoms. The first-order chi connectivity index (χ1) is 12.0. The van der Waals surface area contributed by atoms with Gasteiger partial charge in [-0.25, -0.2) is 0 Å². The van der Waals surface area contributed by atoms with Gasteiger partial charge in [0, 0.05) is 18.1 Å². The lowest BCUT2D eigenvalue weighted by Gasteiger charge is -2.29. The molecule has 0 radical (unpaired) electrons. The molecule has 0 spiro atoms. The van der Waals surface area contributed by atoms with Crippen LogP contribution in [0.5, 0.6) is 11.5 Å². The first kappa shape index (κ1) is 17.0. The smallest absolute Gasteiger partial charge is 0.282 e. The minimum absolute atomic E-state index is 0.0582. The Hall–Kier alpha value is -2.80. The Morgan fingerprint density at radius 2 is 2.04 bits per heavy atom. The molecule has 1 atom stereocenters. The van der Waals surface area contributed by atoms with Gasteiger partial charge in [0.05, 0.1) is 11.5 Å². The zero-order chi connectivity index (χ0) is 18.0. The molecule has 130 valence electrons. The van der Waals surface area contributed by atoms with Crippen molar-refractivity contribution in [2.45, 2.75) is 6.10 Å². The molecule has 1 heterocycles. The second-order valence-electron chi connectivity index (χ2n) is 5.60. The Bertz CT molecular complexity index is 826. The first-order valence-corrected chi connectivity index (χ1v) is 7.91. The van der Waals surface area contributed by atoms with Crippen LogP contribution in [0.4, 0.5) is 5.69 Å². The predicted molar refractivity (Wildman–Crippen MR) is 91.4 cm³/mol. The van der Waals surface area contributed by atoms with E-state index in [-0.39, 0.29) is 35.5 Å². The van der Waals surface area contributed by atoms with Crippen molar-refractivity contribution in [3.8, 4) is 11.5 Å². The first-order valence-electron chi connectivity index (χ1n) is 7.53. The molecule has 0 aromatic heterocycles. The van der Waals surface area contributed by atoms with Gasteiger partial charge in [-0.05, 0) is 24.3 Å². The molecule has 7 nitrogen and oxygen atoms in total. The summed E-state index contributed by atoms with van der Waals surface area (Å²) in [6.07, 6.45) is -0.373.